The first-order valence-corrected chi connectivity index (χ1v) is 6.91. The van der Waals surface area contributed by atoms with Crippen LogP contribution in [0.25, 0.3) is 0 Å². The maximum atomic E-state index is 12.1. The predicted octanol–water partition coefficient (Wildman–Crippen LogP) is 4.46. The van der Waals surface area contributed by atoms with Crippen LogP contribution in [-0.4, -0.2) is 13.1 Å². The Bertz CT molecular complexity index is 624. The number of benzene rings is 2. The molecule has 2 aromatic carbocycles. The molecule has 4 heteroatoms. The van der Waals surface area contributed by atoms with Gasteiger partial charge in [0, 0.05) is 5.69 Å². The van der Waals surface area contributed by atoms with E-state index in [4.69, 9.17) is 4.74 Å². The number of urea groups is 1. The van der Waals surface area contributed by atoms with E-state index >= 15 is 0 Å². The van der Waals surface area contributed by atoms with Crippen LogP contribution in [0, 0.1) is 0 Å². The van der Waals surface area contributed by atoms with Gasteiger partial charge in [-0.05, 0) is 29.7 Å². The second-order valence-corrected chi connectivity index (χ2v) is 5.02. The smallest absolute Gasteiger partial charge is 0.323 e. The largest absolute Gasteiger partial charge is 0.495 e. The van der Waals surface area contributed by atoms with E-state index in [1.165, 1.54) is 0 Å². The lowest BCUT2D eigenvalue weighted by Crippen LogP contribution is -2.20. The van der Waals surface area contributed by atoms with Gasteiger partial charge in [0.15, 0.2) is 0 Å². The van der Waals surface area contributed by atoms with E-state index < -0.39 is 0 Å². The third-order valence-electron chi connectivity index (χ3n) is 3.19. The van der Waals surface area contributed by atoms with E-state index in [2.05, 4.69) is 24.5 Å². The number of anilines is 2. The van der Waals surface area contributed by atoms with Crippen LogP contribution in [0.15, 0.2) is 48.5 Å². The first-order chi connectivity index (χ1) is 10.1. The van der Waals surface area contributed by atoms with Crippen LogP contribution in [0.1, 0.15) is 25.3 Å². The summed E-state index contributed by atoms with van der Waals surface area (Å²) in [5.41, 5.74) is 2.56. The molecule has 0 fully saturated rings. The fourth-order valence-corrected chi connectivity index (χ4v) is 2.14. The molecule has 0 bridgehead atoms. The van der Waals surface area contributed by atoms with Crippen molar-refractivity contribution in [3.8, 4) is 5.75 Å². The molecule has 0 aliphatic rings. The Balaban J connectivity index is 2.12. The van der Waals surface area contributed by atoms with Crippen molar-refractivity contribution < 1.29 is 9.53 Å². The van der Waals surface area contributed by atoms with Gasteiger partial charge in [0.05, 0.1) is 12.8 Å². The van der Waals surface area contributed by atoms with Gasteiger partial charge in [0.1, 0.15) is 5.75 Å². The van der Waals surface area contributed by atoms with Crippen molar-refractivity contribution in [3.63, 3.8) is 0 Å². The van der Waals surface area contributed by atoms with Gasteiger partial charge in [0.25, 0.3) is 0 Å². The number of methoxy groups -OCH3 is 1. The summed E-state index contributed by atoms with van der Waals surface area (Å²) >= 11 is 0. The quantitative estimate of drug-likeness (QED) is 0.870. The van der Waals surface area contributed by atoms with E-state index in [1.807, 2.05) is 36.4 Å². The number of amides is 2. The summed E-state index contributed by atoms with van der Waals surface area (Å²) in [6.07, 6.45) is 0. The van der Waals surface area contributed by atoms with E-state index in [9.17, 15) is 4.79 Å². The first kappa shape index (κ1) is 14.9. The number of carbonyl (C=O) groups excluding carboxylic acids is 1. The molecule has 0 unspecified atom stereocenters. The van der Waals surface area contributed by atoms with Crippen molar-refractivity contribution in [2.75, 3.05) is 17.7 Å². The van der Waals surface area contributed by atoms with Gasteiger partial charge in [-0.2, -0.15) is 0 Å². The Labute approximate surface area is 125 Å². The van der Waals surface area contributed by atoms with E-state index in [1.54, 1.807) is 19.2 Å². The predicted molar refractivity (Wildman–Crippen MR) is 86.2 cm³/mol. The minimum Gasteiger partial charge on any atom is -0.495 e. The number of para-hydroxylation sites is 3. The van der Waals surface area contributed by atoms with Crippen LogP contribution in [0.5, 0.6) is 5.75 Å². The molecule has 0 spiro atoms. The molecule has 4 nitrogen and oxygen atoms in total. The SMILES string of the molecule is COc1ccccc1NC(=O)Nc1ccccc1C(C)C. The molecule has 2 amide bonds. The molecule has 0 heterocycles. The number of hydrogen-bond donors (Lipinski definition) is 2. The van der Waals surface area contributed by atoms with Crippen LogP contribution < -0.4 is 15.4 Å². The fourth-order valence-electron chi connectivity index (χ4n) is 2.14. The summed E-state index contributed by atoms with van der Waals surface area (Å²) in [6, 6.07) is 14.8. The third-order valence-corrected chi connectivity index (χ3v) is 3.19. The Morgan fingerprint density at radius 1 is 0.952 bits per heavy atom. The number of hydrogen-bond acceptors (Lipinski definition) is 2. The van der Waals surface area contributed by atoms with Gasteiger partial charge in [-0.3, -0.25) is 0 Å². The molecule has 21 heavy (non-hydrogen) atoms. The third kappa shape index (κ3) is 3.75. The van der Waals surface area contributed by atoms with E-state index in [0.717, 1.165) is 11.3 Å². The maximum Gasteiger partial charge on any atom is 0.323 e. The topological polar surface area (TPSA) is 50.4 Å². The van der Waals surface area contributed by atoms with Gasteiger partial charge in [-0.15, -0.1) is 0 Å². The van der Waals surface area contributed by atoms with Gasteiger partial charge >= 0.3 is 6.03 Å². The van der Waals surface area contributed by atoms with Crippen molar-refractivity contribution >= 4 is 17.4 Å². The molecular formula is C17H20N2O2. The average molecular weight is 284 g/mol. The Hall–Kier alpha value is -2.49. The number of carbonyl (C=O) groups is 1. The molecule has 0 aliphatic heterocycles. The lowest BCUT2D eigenvalue weighted by molar-refractivity contribution is 0.262. The molecular weight excluding hydrogens is 264 g/mol. The van der Waals surface area contributed by atoms with Crippen molar-refractivity contribution in [1.82, 2.24) is 0 Å². The zero-order chi connectivity index (χ0) is 15.2. The van der Waals surface area contributed by atoms with Gasteiger partial charge in [0.2, 0.25) is 0 Å². The van der Waals surface area contributed by atoms with E-state index in [-0.39, 0.29) is 6.03 Å². The highest BCUT2D eigenvalue weighted by atomic mass is 16.5. The standard InChI is InChI=1S/C17H20N2O2/c1-12(2)13-8-4-5-9-14(13)18-17(20)19-15-10-6-7-11-16(15)21-3/h4-12H,1-3H3,(H2,18,19,20). The zero-order valence-electron chi connectivity index (χ0n) is 12.5. The molecule has 0 aliphatic carbocycles. The summed E-state index contributed by atoms with van der Waals surface area (Å²) in [4.78, 5) is 12.1. The van der Waals surface area contributed by atoms with Crippen molar-refractivity contribution in [3.05, 3.63) is 54.1 Å². The van der Waals surface area contributed by atoms with Gasteiger partial charge in [-0.1, -0.05) is 44.2 Å². The second kappa shape index (κ2) is 6.79. The molecule has 0 saturated carbocycles. The van der Waals surface area contributed by atoms with E-state index in [0.29, 0.717) is 17.4 Å². The van der Waals surface area contributed by atoms with Crippen LogP contribution in [-0.2, 0) is 0 Å². The summed E-state index contributed by atoms with van der Waals surface area (Å²) in [7, 11) is 1.58. The minimum atomic E-state index is -0.285. The first-order valence-electron chi connectivity index (χ1n) is 6.91. The van der Waals surface area contributed by atoms with Crippen LogP contribution in [0.3, 0.4) is 0 Å². The molecule has 0 aromatic heterocycles. The van der Waals surface area contributed by atoms with Crippen LogP contribution in [0.4, 0.5) is 16.2 Å². The summed E-state index contributed by atoms with van der Waals surface area (Å²) in [5, 5.41) is 5.69. The fraction of sp³-hybridized carbons (Fsp3) is 0.235. The molecule has 0 radical (unpaired) electrons. The summed E-state index contributed by atoms with van der Waals surface area (Å²) in [5.74, 6) is 0.970. The zero-order valence-corrected chi connectivity index (χ0v) is 12.5. The Morgan fingerprint density at radius 2 is 1.52 bits per heavy atom. The normalized spacial score (nSPS) is 10.3. The van der Waals surface area contributed by atoms with Crippen molar-refractivity contribution in [2.45, 2.75) is 19.8 Å². The van der Waals surface area contributed by atoms with Gasteiger partial charge < -0.3 is 15.4 Å². The summed E-state index contributed by atoms with van der Waals surface area (Å²) < 4.78 is 5.22. The molecule has 2 N–H and O–H groups in total. The highest BCUT2D eigenvalue weighted by Crippen LogP contribution is 2.25. The van der Waals surface area contributed by atoms with Crippen molar-refractivity contribution in [2.24, 2.45) is 0 Å². The van der Waals surface area contributed by atoms with Crippen molar-refractivity contribution in [1.29, 1.82) is 0 Å². The Morgan fingerprint density at radius 3 is 2.19 bits per heavy atom. The molecule has 2 aromatic rings. The average Bonchev–Trinajstić information content (AvgIpc) is 2.48. The number of nitrogens with one attached hydrogen (secondary N) is 2. The monoisotopic (exact) mass is 284 g/mol. The number of ether oxygens (including phenoxy) is 1. The highest BCUT2D eigenvalue weighted by Gasteiger charge is 2.10. The lowest BCUT2D eigenvalue weighted by Gasteiger charge is -2.15. The number of rotatable bonds is 4. The maximum absolute atomic E-state index is 12.1. The van der Waals surface area contributed by atoms with Crippen LogP contribution in [0.2, 0.25) is 0 Å². The molecule has 0 atom stereocenters. The minimum absolute atomic E-state index is 0.285. The lowest BCUT2D eigenvalue weighted by atomic mass is 10.0. The van der Waals surface area contributed by atoms with Crippen LogP contribution >= 0.6 is 0 Å². The Kier molecular flexibility index (Phi) is 4.82. The molecule has 2 rings (SSSR count). The summed E-state index contributed by atoms with van der Waals surface area (Å²) in [6.45, 7) is 4.19. The second-order valence-electron chi connectivity index (χ2n) is 5.02. The molecule has 110 valence electrons. The molecule has 0 saturated heterocycles. The highest BCUT2D eigenvalue weighted by molar-refractivity contribution is 6.01. The van der Waals surface area contributed by atoms with Gasteiger partial charge in [-0.25, -0.2) is 4.79 Å².